The molecule has 4 rings (SSSR count). The van der Waals surface area contributed by atoms with E-state index in [0.29, 0.717) is 12.1 Å². The average molecular weight is 469 g/mol. The molecule has 0 aliphatic rings. The molecule has 2 N–H and O–H groups in total. The molecule has 7 heteroatoms. The van der Waals surface area contributed by atoms with Crippen LogP contribution < -0.4 is 5.73 Å². The van der Waals surface area contributed by atoms with Gasteiger partial charge in [0, 0.05) is 30.4 Å². The molecule has 0 radical (unpaired) electrons. The summed E-state index contributed by atoms with van der Waals surface area (Å²) in [6.07, 6.45) is 4.90. The first kappa shape index (κ1) is 23.6. The summed E-state index contributed by atoms with van der Waals surface area (Å²) in [5, 5.41) is 4.74. The van der Waals surface area contributed by atoms with E-state index >= 15 is 0 Å². The average Bonchev–Trinajstić information content (AvgIpc) is 3.26. The standard InChI is InChI=1S/C28H25FN4O2/c1-32(27(28(30)35)22-13-8-14-24(29)17-22)25(34)16-15-23-19-33(18-20-9-4-2-5-10-20)31-26(23)21-11-6-3-7-12-21/h2-17,19,27H,18H2,1H3,(H2,30,35)/b16-15+. The van der Waals surface area contributed by atoms with Crippen molar-refractivity contribution in [2.75, 3.05) is 7.05 Å². The minimum Gasteiger partial charge on any atom is -0.368 e. The summed E-state index contributed by atoms with van der Waals surface area (Å²) >= 11 is 0. The number of halogens is 1. The molecule has 176 valence electrons. The van der Waals surface area contributed by atoms with Crippen LogP contribution >= 0.6 is 0 Å². The lowest BCUT2D eigenvalue weighted by atomic mass is 10.0. The number of aromatic nitrogens is 2. The Bertz CT molecular complexity index is 1350. The number of carbonyl (C=O) groups is 2. The lowest BCUT2D eigenvalue weighted by molar-refractivity contribution is -0.134. The van der Waals surface area contributed by atoms with Crippen LogP contribution in [0.2, 0.25) is 0 Å². The maximum Gasteiger partial charge on any atom is 0.247 e. The van der Waals surface area contributed by atoms with Crippen molar-refractivity contribution < 1.29 is 14.0 Å². The zero-order chi connectivity index (χ0) is 24.8. The van der Waals surface area contributed by atoms with Gasteiger partial charge in [0.25, 0.3) is 0 Å². The SMILES string of the molecule is CN(C(=O)/C=C/c1cn(Cc2ccccc2)nc1-c1ccccc1)C(C(N)=O)c1cccc(F)c1. The van der Waals surface area contributed by atoms with Crippen LogP contribution in [-0.2, 0) is 16.1 Å². The predicted molar refractivity (Wildman–Crippen MR) is 133 cm³/mol. The topological polar surface area (TPSA) is 81.2 Å². The van der Waals surface area contributed by atoms with Gasteiger partial charge in [-0.3, -0.25) is 14.3 Å². The van der Waals surface area contributed by atoms with Crippen molar-refractivity contribution in [1.82, 2.24) is 14.7 Å². The van der Waals surface area contributed by atoms with E-state index in [4.69, 9.17) is 10.8 Å². The molecule has 1 atom stereocenters. The van der Waals surface area contributed by atoms with Crippen LogP contribution in [0.25, 0.3) is 17.3 Å². The lowest BCUT2D eigenvalue weighted by Crippen LogP contribution is -2.38. The summed E-state index contributed by atoms with van der Waals surface area (Å²) in [5.41, 5.74) is 9.34. The highest BCUT2D eigenvalue weighted by molar-refractivity contribution is 5.96. The van der Waals surface area contributed by atoms with Crippen LogP contribution in [0.5, 0.6) is 0 Å². The number of nitrogens with zero attached hydrogens (tertiary/aromatic N) is 3. The smallest absolute Gasteiger partial charge is 0.247 e. The largest absolute Gasteiger partial charge is 0.368 e. The van der Waals surface area contributed by atoms with Crippen LogP contribution in [0, 0.1) is 5.82 Å². The van der Waals surface area contributed by atoms with Crippen LogP contribution in [0.15, 0.2) is 97.2 Å². The summed E-state index contributed by atoms with van der Waals surface area (Å²) in [4.78, 5) is 26.3. The highest BCUT2D eigenvalue weighted by Crippen LogP contribution is 2.25. The van der Waals surface area contributed by atoms with E-state index in [0.717, 1.165) is 22.4 Å². The molecule has 3 aromatic carbocycles. The number of hydrogen-bond acceptors (Lipinski definition) is 3. The highest BCUT2D eigenvalue weighted by atomic mass is 19.1. The number of carbonyl (C=O) groups excluding carboxylic acids is 2. The number of benzene rings is 3. The minimum atomic E-state index is -1.10. The molecule has 0 fully saturated rings. The minimum absolute atomic E-state index is 0.308. The number of amides is 2. The van der Waals surface area contributed by atoms with E-state index in [9.17, 15) is 14.0 Å². The van der Waals surface area contributed by atoms with Gasteiger partial charge in [0.1, 0.15) is 11.9 Å². The molecular weight excluding hydrogens is 443 g/mol. The van der Waals surface area contributed by atoms with Gasteiger partial charge in [0.15, 0.2) is 0 Å². The first-order valence-electron chi connectivity index (χ1n) is 11.1. The van der Waals surface area contributed by atoms with Crippen molar-refractivity contribution in [3.05, 3.63) is 120 Å². The Kier molecular flexibility index (Phi) is 7.16. The molecule has 0 bridgehead atoms. The molecule has 1 aromatic heterocycles. The molecule has 2 amide bonds. The van der Waals surface area contributed by atoms with Crippen molar-refractivity contribution in [3.8, 4) is 11.3 Å². The van der Waals surface area contributed by atoms with Crippen molar-refractivity contribution in [3.63, 3.8) is 0 Å². The molecule has 0 spiro atoms. The van der Waals surface area contributed by atoms with Crippen LogP contribution in [-0.4, -0.2) is 33.5 Å². The number of primary amides is 1. The van der Waals surface area contributed by atoms with Crippen molar-refractivity contribution in [2.24, 2.45) is 5.73 Å². The molecule has 6 nitrogen and oxygen atoms in total. The van der Waals surface area contributed by atoms with Gasteiger partial charge in [-0.25, -0.2) is 4.39 Å². The summed E-state index contributed by atoms with van der Waals surface area (Å²) in [5.74, 6) is -1.71. The second-order valence-electron chi connectivity index (χ2n) is 8.12. The zero-order valence-electron chi connectivity index (χ0n) is 19.2. The number of likely N-dealkylation sites (N-methyl/N-ethyl adjacent to an activating group) is 1. The normalized spacial score (nSPS) is 11.9. The third-order valence-corrected chi connectivity index (χ3v) is 5.60. The van der Waals surface area contributed by atoms with E-state index < -0.39 is 23.7 Å². The van der Waals surface area contributed by atoms with Gasteiger partial charge >= 0.3 is 0 Å². The van der Waals surface area contributed by atoms with E-state index in [1.807, 2.05) is 71.5 Å². The number of rotatable bonds is 8. The van der Waals surface area contributed by atoms with Gasteiger partial charge in [-0.05, 0) is 29.3 Å². The molecule has 0 saturated heterocycles. The van der Waals surface area contributed by atoms with Crippen molar-refractivity contribution in [2.45, 2.75) is 12.6 Å². The number of hydrogen-bond donors (Lipinski definition) is 1. The lowest BCUT2D eigenvalue weighted by Gasteiger charge is -2.25. The molecule has 0 aliphatic heterocycles. The van der Waals surface area contributed by atoms with Crippen molar-refractivity contribution in [1.29, 1.82) is 0 Å². The Hall–Kier alpha value is -4.52. The van der Waals surface area contributed by atoms with Gasteiger partial charge in [-0.15, -0.1) is 0 Å². The predicted octanol–water partition coefficient (Wildman–Crippen LogP) is 4.44. The van der Waals surface area contributed by atoms with Gasteiger partial charge < -0.3 is 10.6 Å². The quantitative estimate of drug-likeness (QED) is 0.388. The second-order valence-corrected chi connectivity index (χ2v) is 8.12. The summed E-state index contributed by atoms with van der Waals surface area (Å²) < 4.78 is 15.5. The highest BCUT2D eigenvalue weighted by Gasteiger charge is 2.26. The summed E-state index contributed by atoms with van der Waals surface area (Å²) in [7, 11) is 1.46. The molecule has 0 aliphatic carbocycles. The first-order chi connectivity index (χ1) is 16.9. The molecule has 1 unspecified atom stereocenters. The Balaban J connectivity index is 1.62. The Morgan fingerprint density at radius 3 is 2.37 bits per heavy atom. The van der Waals surface area contributed by atoms with Gasteiger partial charge in [0.2, 0.25) is 11.8 Å². The molecular formula is C28H25FN4O2. The maximum absolute atomic E-state index is 13.7. The third-order valence-electron chi connectivity index (χ3n) is 5.60. The first-order valence-corrected chi connectivity index (χ1v) is 11.1. The van der Waals surface area contributed by atoms with E-state index in [1.165, 1.54) is 36.2 Å². The zero-order valence-corrected chi connectivity index (χ0v) is 19.2. The van der Waals surface area contributed by atoms with Gasteiger partial charge in [-0.2, -0.15) is 5.10 Å². The second kappa shape index (κ2) is 10.6. The monoisotopic (exact) mass is 468 g/mol. The van der Waals surface area contributed by atoms with Crippen LogP contribution in [0.4, 0.5) is 4.39 Å². The fourth-order valence-electron chi connectivity index (χ4n) is 3.89. The van der Waals surface area contributed by atoms with Crippen LogP contribution in [0.1, 0.15) is 22.7 Å². The Morgan fingerprint density at radius 1 is 1.03 bits per heavy atom. The molecule has 1 heterocycles. The maximum atomic E-state index is 13.7. The fraction of sp³-hybridized carbons (Fsp3) is 0.107. The third kappa shape index (κ3) is 5.70. The molecule has 35 heavy (non-hydrogen) atoms. The van der Waals surface area contributed by atoms with E-state index in [1.54, 1.807) is 12.1 Å². The fourth-order valence-corrected chi connectivity index (χ4v) is 3.89. The van der Waals surface area contributed by atoms with Crippen LogP contribution in [0.3, 0.4) is 0 Å². The van der Waals surface area contributed by atoms with E-state index in [-0.39, 0.29) is 0 Å². The van der Waals surface area contributed by atoms with E-state index in [2.05, 4.69) is 0 Å². The molecule has 4 aromatic rings. The van der Waals surface area contributed by atoms with Crippen molar-refractivity contribution >= 4 is 17.9 Å². The summed E-state index contributed by atoms with van der Waals surface area (Å²) in [6.45, 7) is 0.575. The Morgan fingerprint density at radius 2 is 1.71 bits per heavy atom. The molecule has 0 saturated carbocycles. The number of nitrogens with two attached hydrogens (primary N) is 1. The Labute approximate surface area is 203 Å². The summed E-state index contributed by atoms with van der Waals surface area (Å²) in [6, 6.07) is 24.0. The van der Waals surface area contributed by atoms with Gasteiger partial charge in [-0.1, -0.05) is 72.8 Å². The van der Waals surface area contributed by atoms with Gasteiger partial charge in [0.05, 0.1) is 12.2 Å².